The Kier molecular flexibility index (Phi) is 4.44. The average Bonchev–Trinajstić information content (AvgIpc) is 2.81. The Morgan fingerprint density at radius 2 is 2.17 bits per heavy atom. The van der Waals surface area contributed by atoms with Crippen molar-refractivity contribution < 1.29 is 0 Å². The molecule has 96 valence electrons. The Morgan fingerprint density at radius 3 is 2.78 bits per heavy atom. The normalized spacial score (nSPS) is 12.6. The number of aryl methyl sites for hydroxylation is 1. The number of nitrogens with zero attached hydrogens (tertiary/aromatic N) is 2. The van der Waals surface area contributed by atoms with Gasteiger partial charge in [-0.3, -0.25) is 0 Å². The lowest BCUT2D eigenvalue weighted by Crippen LogP contribution is -2.21. The van der Waals surface area contributed by atoms with Crippen LogP contribution in [0.1, 0.15) is 17.4 Å². The molecule has 2 rings (SSSR count). The van der Waals surface area contributed by atoms with E-state index < -0.39 is 0 Å². The van der Waals surface area contributed by atoms with Gasteiger partial charge >= 0.3 is 0 Å². The molecule has 1 atom stereocenters. The number of likely N-dealkylation sites (N-methyl/N-ethyl adjacent to an activating group) is 1. The van der Waals surface area contributed by atoms with Crippen molar-refractivity contribution in [2.75, 3.05) is 13.3 Å². The molecule has 0 bridgehead atoms. The van der Waals surface area contributed by atoms with Crippen molar-refractivity contribution in [2.45, 2.75) is 17.4 Å². The molecular weight excluding hydrogens is 242 g/mol. The summed E-state index contributed by atoms with van der Waals surface area (Å²) in [4.78, 5) is 5.73. The predicted octanol–water partition coefficient (Wildman–Crippen LogP) is 2.65. The molecule has 1 N–H and O–H groups in total. The molecule has 3 nitrogen and oxygen atoms in total. The number of hydrogen-bond donors (Lipinski definition) is 1. The minimum absolute atomic E-state index is 0.301. The third-order valence-corrected chi connectivity index (χ3v) is 3.98. The van der Waals surface area contributed by atoms with Crippen molar-refractivity contribution >= 4 is 11.8 Å². The third kappa shape index (κ3) is 2.76. The molecule has 2 aromatic rings. The Labute approximate surface area is 113 Å². The SMILES string of the molecule is CNC(Cc1nccn1C)c1ccccc1SC. The lowest BCUT2D eigenvalue weighted by atomic mass is 10.0. The fraction of sp³-hybridized carbons (Fsp3) is 0.357. The van der Waals surface area contributed by atoms with E-state index in [-0.39, 0.29) is 0 Å². The highest BCUT2D eigenvalue weighted by Crippen LogP contribution is 2.27. The first kappa shape index (κ1) is 13.2. The molecule has 4 heteroatoms. The van der Waals surface area contributed by atoms with Crippen LogP contribution in [0.4, 0.5) is 0 Å². The van der Waals surface area contributed by atoms with Crippen LogP contribution in [0.25, 0.3) is 0 Å². The Bertz CT molecular complexity index is 507. The standard InChI is InChI=1S/C14H19N3S/c1-15-12(10-14-16-8-9-17(14)2)11-6-4-5-7-13(11)18-3/h4-9,12,15H,10H2,1-3H3. The van der Waals surface area contributed by atoms with Gasteiger partial charge in [-0.1, -0.05) is 18.2 Å². The first-order valence-electron chi connectivity index (χ1n) is 6.02. The zero-order chi connectivity index (χ0) is 13.0. The fourth-order valence-corrected chi connectivity index (χ4v) is 2.76. The van der Waals surface area contributed by atoms with Crippen molar-refractivity contribution in [3.8, 4) is 0 Å². The van der Waals surface area contributed by atoms with Gasteiger partial charge < -0.3 is 9.88 Å². The van der Waals surface area contributed by atoms with Crippen LogP contribution in [-0.2, 0) is 13.5 Å². The van der Waals surface area contributed by atoms with Gasteiger partial charge in [0, 0.05) is 36.8 Å². The van der Waals surface area contributed by atoms with E-state index in [9.17, 15) is 0 Å². The molecule has 0 saturated carbocycles. The topological polar surface area (TPSA) is 29.9 Å². The minimum Gasteiger partial charge on any atom is -0.338 e. The summed E-state index contributed by atoms with van der Waals surface area (Å²) in [6.45, 7) is 0. The van der Waals surface area contributed by atoms with Crippen LogP contribution in [0.5, 0.6) is 0 Å². The van der Waals surface area contributed by atoms with E-state index in [1.807, 2.05) is 26.5 Å². The van der Waals surface area contributed by atoms with Gasteiger partial charge in [0.1, 0.15) is 5.82 Å². The lowest BCUT2D eigenvalue weighted by molar-refractivity contribution is 0.556. The van der Waals surface area contributed by atoms with E-state index in [0.717, 1.165) is 12.2 Å². The lowest BCUT2D eigenvalue weighted by Gasteiger charge is -2.19. The molecule has 18 heavy (non-hydrogen) atoms. The number of thioether (sulfide) groups is 1. The fourth-order valence-electron chi connectivity index (χ4n) is 2.10. The van der Waals surface area contributed by atoms with Gasteiger partial charge in [-0.15, -0.1) is 11.8 Å². The summed E-state index contributed by atoms with van der Waals surface area (Å²) in [5, 5.41) is 3.39. The molecule has 0 aliphatic rings. The Balaban J connectivity index is 2.25. The van der Waals surface area contributed by atoms with Crippen molar-refractivity contribution in [3.05, 3.63) is 48.0 Å². The van der Waals surface area contributed by atoms with Crippen molar-refractivity contribution in [1.29, 1.82) is 0 Å². The second-order valence-corrected chi connectivity index (χ2v) is 5.09. The summed E-state index contributed by atoms with van der Waals surface area (Å²) in [5.74, 6) is 1.10. The van der Waals surface area contributed by atoms with E-state index in [1.165, 1.54) is 10.5 Å². The van der Waals surface area contributed by atoms with Crippen LogP contribution in [0.2, 0.25) is 0 Å². The van der Waals surface area contributed by atoms with Crippen molar-refractivity contribution in [2.24, 2.45) is 7.05 Å². The van der Waals surface area contributed by atoms with Gasteiger partial charge in [-0.05, 0) is 24.9 Å². The van der Waals surface area contributed by atoms with Gasteiger partial charge in [0.05, 0.1) is 0 Å². The quantitative estimate of drug-likeness (QED) is 0.839. The van der Waals surface area contributed by atoms with Gasteiger partial charge in [0.15, 0.2) is 0 Å². The largest absolute Gasteiger partial charge is 0.338 e. The summed E-state index contributed by atoms with van der Waals surface area (Å²) in [6, 6.07) is 8.84. The van der Waals surface area contributed by atoms with E-state index in [4.69, 9.17) is 0 Å². The Hall–Kier alpha value is -1.26. The van der Waals surface area contributed by atoms with Crippen molar-refractivity contribution in [1.82, 2.24) is 14.9 Å². The monoisotopic (exact) mass is 261 g/mol. The number of rotatable bonds is 5. The minimum atomic E-state index is 0.301. The molecule has 0 aliphatic carbocycles. The predicted molar refractivity (Wildman–Crippen MR) is 76.9 cm³/mol. The zero-order valence-corrected chi connectivity index (χ0v) is 11.9. The average molecular weight is 261 g/mol. The third-order valence-electron chi connectivity index (χ3n) is 3.17. The molecule has 0 fully saturated rings. The highest BCUT2D eigenvalue weighted by Gasteiger charge is 2.15. The second-order valence-electron chi connectivity index (χ2n) is 4.24. The summed E-state index contributed by atoms with van der Waals surface area (Å²) in [7, 11) is 4.04. The van der Waals surface area contributed by atoms with Gasteiger partial charge in [0.25, 0.3) is 0 Å². The maximum Gasteiger partial charge on any atom is 0.110 e. The highest BCUT2D eigenvalue weighted by molar-refractivity contribution is 7.98. The van der Waals surface area contributed by atoms with E-state index in [1.54, 1.807) is 11.8 Å². The van der Waals surface area contributed by atoms with E-state index >= 15 is 0 Å². The number of nitrogens with one attached hydrogen (secondary N) is 1. The van der Waals surface area contributed by atoms with Gasteiger partial charge in [0.2, 0.25) is 0 Å². The molecule has 1 unspecified atom stereocenters. The maximum atomic E-state index is 4.40. The summed E-state index contributed by atoms with van der Waals surface area (Å²) in [6.07, 6.45) is 6.86. The smallest absolute Gasteiger partial charge is 0.110 e. The number of aromatic nitrogens is 2. The molecule has 0 radical (unpaired) electrons. The first-order chi connectivity index (χ1) is 8.76. The van der Waals surface area contributed by atoms with Gasteiger partial charge in [-0.2, -0.15) is 0 Å². The first-order valence-corrected chi connectivity index (χ1v) is 7.25. The van der Waals surface area contributed by atoms with Crippen LogP contribution >= 0.6 is 11.8 Å². The Morgan fingerprint density at radius 1 is 1.39 bits per heavy atom. The van der Waals surface area contributed by atoms with Crippen LogP contribution in [-0.4, -0.2) is 22.9 Å². The van der Waals surface area contributed by atoms with E-state index in [0.29, 0.717) is 6.04 Å². The molecule has 0 saturated heterocycles. The number of hydrogen-bond acceptors (Lipinski definition) is 3. The summed E-state index contributed by atoms with van der Waals surface area (Å²) in [5.41, 5.74) is 1.34. The second kappa shape index (κ2) is 6.07. The summed E-state index contributed by atoms with van der Waals surface area (Å²) < 4.78 is 2.08. The number of imidazole rings is 1. The zero-order valence-electron chi connectivity index (χ0n) is 11.1. The molecular formula is C14H19N3S. The summed E-state index contributed by atoms with van der Waals surface area (Å²) >= 11 is 1.79. The highest BCUT2D eigenvalue weighted by atomic mass is 32.2. The van der Waals surface area contributed by atoms with Crippen LogP contribution in [0, 0.1) is 0 Å². The van der Waals surface area contributed by atoms with E-state index in [2.05, 4.69) is 45.4 Å². The number of benzene rings is 1. The maximum absolute atomic E-state index is 4.40. The van der Waals surface area contributed by atoms with Crippen molar-refractivity contribution in [3.63, 3.8) is 0 Å². The van der Waals surface area contributed by atoms with Crippen LogP contribution in [0.3, 0.4) is 0 Å². The molecule has 0 aliphatic heterocycles. The van der Waals surface area contributed by atoms with Gasteiger partial charge in [-0.25, -0.2) is 4.98 Å². The molecule has 0 amide bonds. The molecule has 1 aromatic heterocycles. The molecule has 1 aromatic carbocycles. The van der Waals surface area contributed by atoms with Crippen LogP contribution < -0.4 is 5.32 Å². The molecule has 0 spiro atoms. The van der Waals surface area contributed by atoms with Crippen LogP contribution in [0.15, 0.2) is 41.6 Å². The molecule has 1 heterocycles.